The van der Waals surface area contributed by atoms with Crippen molar-refractivity contribution in [3.05, 3.63) is 71.8 Å². The minimum Gasteiger partial charge on any atom is -0.292 e. The molecule has 0 atom stereocenters. The SMILES string of the molecule is C(=N/CCC/N=C\c1ccccc1)/c1ccccc1. The van der Waals surface area contributed by atoms with E-state index in [-0.39, 0.29) is 0 Å². The number of rotatable bonds is 6. The van der Waals surface area contributed by atoms with Crippen LogP contribution in [0.4, 0.5) is 0 Å². The maximum absolute atomic E-state index is 4.39. The Morgan fingerprint density at radius 1 is 0.632 bits per heavy atom. The lowest BCUT2D eigenvalue weighted by Crippen LogP contribution is -1.89. The van der Waals surface area contributed by atoms with Crippen molar-refractivity contribution in [2.75, 3.05) is 13.1 Å². The summed E-state index contributed by atoms with van der Waals surface area (Å²) in [6, 6.07) is 20.3. The minimum absolute atomic E-state index is 0.820. The molecule has 0 bridgehead atoms. The van der Waals surface area contributed by atoms with Crippen LogP contribution < -0.4 is 0 Å². The first-order valence-electron chi connectivity index (χ1n) is 6.55. The molecule has 2 heteroatoms. The highest BCUT2D eigenvalue weighted by molar-refractivity contribution is 5.79. The first kappa shape index (κ1) is 13.2. The number of nitrogens with zero attached hydrogens (tertiary/aromatic N) is 2. The van der Waals surface area contributed by atoms with E-state index in [1.54, 1.807) is 0 Å². The predicted molar refractivity (Wildman–Crippen MR) is 82.4 cm³/mol. The van der Waals surface area contributed by atoms with E-state index in [2.05, 4.69) is 34.3 Å². The number of hydrogen-bond acceptors (Lipinski definition) is 2. The zero-order valence-electron chi connectivity index (χ0n) is 10.9. The molecule has 0 N–H and O–H groups in total. The summed E-state index contributed by atoms with van der Waals surface area (Å²) in [5.74, 6) is 0. The average Bonchev–Trinajstić information content (AvgIpc) is 2.48. The van der Waals surface area contributed by atoms with Crippen LogP contribution >= 0.6 is 0 Å². The number of hydrogen-bond donors (Lipinski definition) is 0. The van der Waals surface area contributed by atoms with Crippen molar-refractivity contribution < 1.29 is 0 Å². The van der Waals surface area contributed by atoms with Gasteiger partial charge in [0.05, 0.1) is 0 Å². The second-order valence-corrected chi connectivity index (χ2v) is 4.25. The van der Waals surface area contributed by atoms with Crippen LogP contribution in [0.3, 0.4) is 0 Å². The van der Waals surface area contributed by atoms with E-state index < -0.39 is 0 Å². The molecule has 0 heterocycles. The van der Waals surface area contributed by atoms with Crippen LogP contribution in [0.25, 0.3) is 0 Å². The minimum atomic E-state index is 0.820. The van der Waals surface area contributed by atoms with Crippen molar-refractivity contribution in [3.8, 4) is 0 Å². The Labute approximate surface area is 114 Å². The second kappa shape index (κ2) is 7.98. The molecule has 0 unspecified atom stereocenters. The third-order valence-corrected chi connectivity index (χ3v) is 2.65. The molecule has 96 valence electrons. The Kier molecular flexibility index (Phi) is 5.55. The molecule has 2 aromatic rings. The molecule has 0 radical (unpaired) electrons. The van der Waals surface area contributed by atoms with Gasteiger partial charge in [0.2, 0.25) is 0 Å². The molecule has 0 aliphatic rings. The van der Waals surface area contributed by atoms with Gasteiger partial charge >= 0.3 is 0 Å². The molecule has 2 aromatic carbocycles. The van der Waals surface area contributed by atoms with Gasteiger partial charge in [-0.3, -0.25) is 9.98 Å². The van der Waals surface area contributed by atoms with Gasteiger partial charge in [0.15, 0.2) is 0 Å². The molecule has 0 spiro atoms. The summed E-state index contributed by atoms with van der Waals surface area (Å²) in [5.41, 5.74) is 2.30. The van der Waals surface area contributed by atoms with Crippen molar-refractivity contribution >= 4 is 12.4 Å². The van der Waals surface area contributed by atoms with Gasteiger partial charge in [-0.15, -0.1) is 0 Å². The molecule has 19 heavy (non-hydrogen) atoms. The number of aliphatic imine (C=N–C) groups is 2. The summed E-state index contributed by atoms with van der Waals surface area (Å²) in [4.78, 5) is 8.77. The molecule has 0 saturated carbocycles. The van der Waals surface area contributed by atoms with Gasteiger partial charge in [-0.1, -0.05) is 60.7 Å². The molecular weight excluding hydrogens is 232 g/mol. The molecule has 2 nitrogen and oxygen atoms in total. The van der Waals surface area contributed by atoms with Crippen LogP contribution in [0.15, 0.2) is 70.6 Å². The first-order valence-corrected chi connectivity index (χ1v) is 6.55. The molecule has 0 aliphatic heterocycles. The Morgan fingerprint density at radius 3 is 1.47 bits per heavy atom. The zero-order valence-corrected chi connectivity index (χ0v) is 10.9. The summed E-state index contributed by atoms with van der Waals surface area (Å²) in [6.07, 6.45) is 4.81. The molecule has 0 amide bonds. The van der Waals surface area contributed by atoms with Crippen molar-refractivity contribution in [1.82, 2.24) is 0 Å². The first-order chi connectivity index (χ1) is 9.45. The summed E-state index contributed by atoms with van der Waals surface area (Å²) in [6.45, 7) is 1.64. The topological polar surface area (TPSA) is 24.7 Å². The van der Waals surface area contributed by atoms with Gasteiger partial charge in [0, 0.05) is 25.5 Å². The van der Waals surface area contributed by atoms with Crippen LogP contribution in [0.5, 0.6) is 0 Å². The van der Waals surface area contributed by atoms with Gasteiger partial charge in [0.25, 0.3) is 0 Å². The fraction of sp³-hybridized carbons (Fsp3) is 0.176. The lowest BCUT2D eigenvalue weighted by molar-refractivity contribution is 0.851. The highest BCUT2D eigenvalue weighted by Crippen LogP contribution is 1.96. The van der Waals surface area contributed by atoms with E-state index in [9.17, 15) is 0 Å². The molecule has 0 aromatic heterocycles. The summed E-state index contributed by atoms with van der Waals surface area (Å²) in [5, 5.41) is 0. The van der Waals surface area contributed by atoms with Crippen molar-refractivity contribution in [1.29, 1.82) is 0 Å². The van der Waals surface area contributed by atoms with Crippen LogP contribution in [0.1, 0.15) is 17.5 Å². The lowest BCUT2D eigenvalue weighted by Gasteiger charge is -1.94. The maximum Gasteiger partial charge on any atom is 0.0407 e. The van der Waals surface area contributed by atoms with Crippen molar-refractivity contribution in [3.63, 3.8) is 0 Å². The van der Waals surface area contributed by atoms with Gasteiger partial charge in [-0.2, -0.15) is 0 Å². The normalized spacial score (nSPS) is 11.4. The summed E-state index contributed by atoms with van der Waals surface area (Å²) in [7, 11) is 0. The Hall–Kier alpha value is -2.22. The highest BCUT2D eigenvalue weighted by Gasteiger charge is 1.86. The zero-order chi connectivity index (χ0) is 13.2. The van der Waals surface area contributed by atoms with Crippen LogP contribution in [0.2, 0.25) is 0 Å². The molecule has 0 saturated heterocycles. The van der Waals surface area contributed by atoms with Gasteiger partial charge in [-0.25, -0.2) is 0 Å². The van der Waals surface area contributed by atoms with E-state index in [0.717, 1.165) is 30.6 Å². The molecular formula is C17H18N2. The fourth-order valence-corrected chi connectivity index (χ4v) is 1.67. The Balaban J connectivity index is 1.65. The fourth-order valence-electron chi connectivity index (χ4n) is 1.67. The summed E-state index contributed by atoms with van der Waals surface area (Å²) >= 11 is 0. The summed E-state index contributed by atoms with van der Waals surface area (Å²) < 4.78 is 0. The quantitative estimate of drug-likeness (QED) is 0.552. The van der Waals surface area contributed by atoms with Gasteiger partial charge < -0.3 is 0 Å². The third kappa shape index (κ3) is 5.30. The van der Waals surface area contributed by atoms with Crippen molar-refractivity contribution in [2.24, 2.45) is 9.98 Å². The largest absolute Gasteiger partial charge is 0.292 e. The highest BCUT2D eigenvalue weighted by atomic mass is 14.7. The molecule has 0 aliphatic carbocycles. The van der Waals surface area contributed by atoms with Crippen LogP contribution in [-0.2, 0) is 0 Å². The maximum atomic E-state index is 4.39. The number of benzene rings is 2. The van der Waals surface area contributed by atoms with Crippen LogP contribution in [-0.4, -0.2) is 25.5 Å². The van der Waals surface area contributed by atoms with Crippen LogP contribution in [0, 0.1) is 0 Å². The van der Waals surface area contributed by atoms with E-state index in [4.69, 9.17) is 0 Å². The van der Waals surface area contributed by atoms with Crippen molar-refractivity contribution in [2.45, 2.75) is 6.42 Å². The predicted octanol–water partition coefficient (Wildman–Crippen LogP) is 3.61. The Bertz CT molecular complexity index is 466. The van der Waals surface area contributed by atoms with Gasteiger partial charge in [-0.05, 0) is 17.5 Å². The monoisotopic (exact) mass is 250 g/mol. The second-order valence-electron chi connectivity index (χ2n) is 4.25. The van der Waals surface area contributed by atoms with E-state index in [0.29, 0.717) is 0 Å². The Morgan fingerprint density at radius 2 is 1.05 bits per heavy atom. The molecule has 0 fully saturated rings. The van der Waals surface area contributed by atoms with E-state index >= 15 is 0 Å². The van der Waals surface area contributed by atoms with Gasteiger partial charge in [0.1, 0.15) is 0 Å². The lowest BCUT2D eigenvalue weighted by atomic mass is 10.2. The standard InChI is InChI=1S/C17H18N2/c1-3-8-16(9-4-1)14-18-12-7-13-19-15-17-10-5-2-6-11-17/h1-6,8-11,14-15H,7,12-13H2/b18-14-,19-15-. The smallest absolute Gasteiger partial charge is 0.0407 e. The van der Waals surface area contributed by atoms with E-state index in [1.807, 2.05) is 48.8 Å². The third-order valence-electron chi connectivity index (χ3n) is 2.65. The molecule has 2 rings (SSSR count). The average molecular weight is 250 g/mol. The van der Waals surface area contributed by atoms with E-state index in [1.165, 1.54) is 0 Å².